The summed E-state index contributed by atoms with van der Waals surface area (Å²) in [5.41, 5.74) is 0. The molecule has 1 radical (unpaired) electrons. The van der Waals surface area contributed by atoms with Crippen LogP contribution in [0.25, 0.3) is 0 Å². The van der Waals surface area contributed by atoms with Crippen LogP contribution in [0.5, 0.6) is 0 Å². The third kappa shape index (κ3) is 9.67. The van der Waals surface area contributed by atoms with Gasteiger partial charge in [-0.2, -0.15) is 0 Å². The minimum absolute atomic E-state index is 0. The molecule has 2 N–H and O–H groups in total. The van der Waals surface area contributed by atoms with Gasteiger partial charge in [0, 0.05) is 77.3 Å². The molecule has 0 atom stereocenters. The van der Waals surface area contributed by atoms with Crippen molar-refractivity contribution in [2.75, 3.05) is 0 Å². The van der Waals surface area contributed by atoms with E-state index in [1.54, 1.807) is 0 Å². The van der Waals surface area contributed by atoms with Crippen LogP contribution in [0.3, 0.4) is 0 Å². The largest absolute Gasteiger partial charge is 0 e. The van der Waals surface area contributed by atoms with Crippen LogP contribution in [0.4, 0.5) is 0 Å². The van der Waals surface area contributed by atoms with Crippen LogP contribution in [0.1, 0.15) is 0 Å². The monoisotopic (exact) mass is 399 g/mol. The van der Waals surface area contributed by atoms with Crippen molar-refractivity contribution in [3.63, 3.8) is 0 Å². The normalized spacial score (nSPS) is 18.8. The first-order valence-electron chi connectivity index (χ1n) is 1.02. The molecule has 0 saturated carbocycles. The standard InChI is InChI=1S/CH2O4.Ca.Ce.La.2H/c2-1(3)4-5-1;;;;;/h2-3H;;;;;. The average molecular weight is 399 g/mol. The first kappa shape index (κ1) is 17.7. The molecule has 0 aromatic rings. The van der Waals surface area contributed by atoms with Gasteiger partial charge in [0.15, 0.2) is 0 Å². The molecule has 0 bridgehead atoms. The van der Waals surface area contributed by atoms with E-state index in [0.29, 0.717) is 0 Å². The van der Waals surface area contributed by atoms with Crippen LogP contribution in [0.2, 0.25) is 0 Å². The van der Waals surface area contributed by atoms with Gasteiger partial charge in [0.25, 0.3) is 0 Å². The molecular weight excluding hydrogens is 395 g/mol. The maximum Gasteiger partial charge on any atom is 0 e. The zero-order valence-electron chi connectivity index (χ0n) is 3.29. The summed E-state index contributed by atoms with van der Waals surface area (Å²) in [7, 11) is 0. The van der Waals surface area contributed by atoms with Crippen molar-refractivity contribution >= 4 is 37.7 Å². The van der Waals surface area contributed by atoms with Crippen molar-refractivity contribution in [1.82, 2.24) is 0 Å². The molecule has 1 heterocycles. The van der Waals surface area contributed by atoms with E-state index in [1.807, 2.05) is 0 Å². The Morgan fingerprint density at radius 1 is 1.12 bits per heavy atom. The molecule has 1 fully saturated rings. The van der Waals surface area contributed by atoms with Crippen LogP contribution < -0.4 is 0 Å². The molecule has 0 spiro atoms. The SMILES string of the molecule is OC1(O)OO1.[CaH2].[Ce].[La]. The Morgan fingerprint density at radius 2 is 1.25 bits per heavy atom. The van der Waals surface area contributed by atoms with Crippen molar-refractivity contribution in [2.24, 2.45) is 0 Å². The van der Waals surface area contributed by atoms with Crippen LogP contribution in [0.15, 0.2) is 0 Å². The van der Waals surface area contributed by atoms with E-state index in [0.717, 1.165) is 0 Å². The number of aliphatic hydroxyl groups is 2. The van der Waals surface area contributed by atoms with Crippen LogP contribution in [-0.4, -0.2) is 54.1 Å². The minimum Gasteiger partial charge on any atom is 0 e. The summed E-state index contributed by atoms with van der Waals surface area (Å²) < 4.78 is 0. The Labute approximate surface area is 138 Å². The third-order valence-electron chi connectivity index (χ3n) is 0.232. The molecule has 1 rings (SSSR count). The van der Waals surface area contributed by atoms with E-state index in [9.17, 15) is 0 Å². The summed E-state index contributed by atoms with van der Waals surface area (Å²) in [6, 6.07) is 0. The van der Waals surface area contributed by atoms with Crippen molar-refractivity contribution in [3.8, 4) is 0 Å². The van der Waals surface area contributed by atoms with E-state index >= 15 is 0 Å². The van der Waals surface area contributed by atoms with Crippen LogP contribution >= 0.6 is 0 Å². The molecule has 0 amide bonds. The first-order valence-corrected chi connectivity index (χ1v) is 1.02. The fourth-order valence-corrected chi connectivity index (χ4v) is 0.0373. The summed E-state index contributed by atoms with van der Waals surface area (Å²) >= 11 is 0. The molecule has 8 heavy (non-hydrogen) atoms. The Kier molecular flexibility index (Phi) is 16.2. The first-order chi connectivity index (χ1) is 2.21. The van der Waals surface area contributed by atoms with E-state index in [2.05, 4.69) is 9.78 Å². The fourth-order valence-electron chi connectivity index (χ4n) is 0.0373. The predicted octanol–water partition coefficient (Wildman–Crippen LogP) is -2.37. The molecule has 0 aromatic heterocycles. The maximum atomic E-state index is 7.74. The van der Waals surface area contributed by atoms with Crippen molar-refractivity contribution in [1.29, 1.82) is 0 Å². The second kappa shape index (κ2) is 7.33. The van der Waals surface area contributed by atoms with Gasteiger partial charge in [0.05, 0.1) is 0 Å². The molecule has 4 nitrogen and oxygen atoms in total. The Bertz CT molecular complexity index is 54.0. The topological polar surface area (TPSA) is 65.5 Å². The van der Waals surface area contributed by atoms with E-state index in [4.69, 9.17) is 10.2 Å². The molecule has 1 aliphatic heterocycles. The van der Waals surface area contributed by atoms with Gasteiger partial charge in [-0.25, -0.2) is 0 Å². The van der Waals surface area contributed by atoms with Gasteiger partial charge < -0.3 is 10.2 Å². The zero-order valence-corrected chi connectivity index (χ0v) is 10.1. The second-order valence-corrected chi connectivity index (χ2v) is 0.715. The summed E-state index contributed by atoms with van der Waals surface area (Å²) in [6.07, 6.45) is -2.25. The summed E-state index contributed by atoms with van der Waals surface area (Å²) in [6.45, 7) is 0. The average Bonchev–Trinajstić information content (AvgIpc) is 1.76. The predicted molar refractivity (Wildman–Crippen MR) is 17.9 cm³/mol. The zero-order chi connectivity index (χ0) is 3.91. The van der Waals surface area contributed by atoms with E-state index in [-0.39, 0.29) is 115 Å². The Hall–Kier alpha value is 3.67. The number of hydrogen-bond acceptors (Lipinski definition) is 4. The molecule has 1 saturated heterocycles. The summed E-state index contributed by atoms with van der Waals surface area (Å²) in [5, 5.41) is 15.5. The molecule has 7 heteroatoms. The fraction of sp³-hybridized carbons (Fsp3) is 1.00. The van der Waals surface area contributed by atoms with Crippen molar-refractivity contribution in [3.05, 3.63) is 0 Å². The smallest absolute Gasteiger partial charge is 0 e. The van der Waals surface area contributed by atoms with Crippen LogP contribution in [-0.2, 0) is 9.78 Å². The molecular formula is CH4CaCeLaO4. The van der Waals surface area contributed by atoms with Gasteiger partial charge >= 0.3 is 43.9 Å². The van der Waals surface area contributed by atoms with Gasteiger partial charge in [-0.05, 0) is 0 Å². The van der Waals surface area contributed by atoms with Crippen molar-refractivity contribution < 1.29 is 97.3 Å². The Morgan fingerprint density at radius 3 is 1.25 bits per heavy atom. The maximum absolute atomic E-state index is 7.74. The van der Waals surface area contributed by atoms with Gasteiger partial charge in [0.1, 0.15) is 0 Å². The second-order valence-electron chi connectivity index (χ2n) is 0.715. The Balaban J connectivity index is -0.0000000833. The van der Waals surface area contributed by atoms with E-state index < -0.39 is 6.16 Å². The molecule has 0 aliphatic carbocycles. The van der Waals surface area contributed by atoms with Crippen LogP contribution in [0, 0.1) is 77.3 Å². The van der Waals surface area contributed by atoms with Gasteiger partial charge in [-0.15, -0.1) is 9.78 Å². The third-order valence-corrected chi connectivity index (χ3v) is 0.232. The van der Waals surface area contributed by atoms with Crippen molar-refractivity contribution in [2.45, 2.75) is 6.16 Å². The molecule has 1 aliphatic rings. The van der Waals surface area contributed by atoms with Gasteiger partial charge in [-0.3, -0.25) is 0 Å². The number of rotatable bonds is 0. The summed E-state index contributed by atoms with van der Waals surface area (Å²) in [5.74, 6) is 0. The summed E-state index contributed by atoms with van der Waals surface area (Å²) in [4.78, 5) is 7.01. The van der Waals surface area contributed by atoms with Gasteiger partial charge in [-0.1, -0.05) is 0 Å². The van der Waals surface area contributed by atoms with E-state index in [1.165, 1.54) is 0 Å². The molecule has 0 aromatic carbocycles. The minimum atomic E-state index is -2.25. The number of hydrogen-bond donors (Lipinski definition) is 2. The quantitative estimate of drug-likeness (QED) is 0.207. The molecule has 41 valence electrons. The molecule has 0 unspecified atom stereocenters. The van der Waals surface area contributed by atoms with Gasteiger partial charge in [0.2, 0.25) is 0 Å².